The third-order valence-electron chi connectivity index (χ3n) is 3.43. The summed E-state index contributed by atoms with van der Waals surface area (Å²) in [5.41, 5.74) is 1.34. The number of rotatable bonds is 13. The van der Waals surface area contributed by atoms with E-state index < -0.39 is 0 Å². The highest BCUT2D eigenvalue weighted by Crippen LogP contribution is 2.07. The highest BCUT2D eigenvalue weighted by atomic mass is 16.5. The van der Waals surface area contributed by atoms with Gasteiger partial charge in [0.1, 0.15) is 0 Å². The second-order valence-corrected chi connectivity index (χ2v) is 5.47. The van der Waals surface area contributed by atoms with Gasteiger partial charge >= 0.3 is 0 Å². The Kier molecular flexibility index (Phi) is 10.9. The molecule has 1 aromatic rings. The van der Waals surface area contributed by atoms with Gasteiger partial charge < -0.3 is 14.2 Å². The van der Waals surface area contributed by atoms with Crippen LogP contribution < -0.4 is 0 Å². The van der Waals surface area contributed by atoms with Crippen LogP contribution >= 0.6 is 0 Å². The van der Waals surface area contributed by atoms with E-state index in [4.69, 9.17) is 14.2 Å². The van der Waals surface area contributed by atoms with Crippen molar-refractivity contribution in [3.05, 3.63) is 35.9 Å². The van der Waals surface area contributed by atoms with Gasteiger partial charge in [0.2, 0.25) is 0 Å². The molecule has 0 saturated carbocycles. The first kappa shape index (κ1) is 19.1. The zero-order valence-corrected chi connectivity index (χ0v) is 14.3. The van der Waals surface area contributed by atoms with Gasteiger partial charge in [-0.15, -0.1) is 0 Å². The van der Waals surface area contributed by atoms with Crippen LogP contribution in [0.4, 0.5) is 0 Å². The Bertz CT molecular complexity index is 357. The SMILES string of the molecule is CCOCCOCCOCCN(Cc1ccccc1)C(C)C. The van der Waals surface area contributed by atoms with E-state index in [1.807, 2.05) is 6.92 Å². The molecule has 0 bridgehead atoms. The van der Waals surface area contributed by atoms with E-state index in [1.54, 1.807) is 0 Å². The molecule has 0 N–H and O–H groups in total. The first-order valence-corrected chi connectivity index (χ1v) is 8.25. The molecule has 0 atom stereocenters. The van der Waals surface area contributed by atoms with Gasteiger partial charge in [0, 0.05) is 25.7 Å². The molecule has 0 spiro atoms. The Labute approximate surface area is 135 Å². The maximum Gasteiger partial charge on any atom is 0.0701 e. The standard InChI is InChI=1S/C18H31NO3/c1-4-20-12-13-22-15-14-21-11-10-19(17(2)3)16-18-8-6-5-7-9-18/h5-9,17H,4,10-16H2,1-3H3. The van der Waals surface area contributed by atoms with Gasteiger partial charge in [-0.25, -0.2) is 0 Å². The lowest BCUT2D eigenvalue weighted by molar-refractivity contribution is 0.0105. The van der Waals surface area contributed by atoms with Crippen LogP contribution in [0.2, 0.25) is 0 Å². The minimum Gasteiger partial charge on any atom is -0.379 e. The topological polar surface area (TPSA) is 30.9 Å². The molecule has 0 fully saturated rings. The molecule has 0 amide bonds. The van der Waals surface area contributed by atoms with Crippen molar-refractivity contribution in [2.24, 2.45) is 0 Å². The smallest absolute Gasteiger partial charge is 0.0701 e. The predicted molar refractivity (Wildman–Crippen MR) is 90.1 cm³/mol. The molecule has 0 aliphatic heterocycles. The zero-order chi connectivity index (χ0) is 16.0. The summed E-state index contributed by atoms with van der Waals surface area (Å²) < 4.78 is 16.3. The molecule has 0 unspecified atom stereocenters. The maximum atomic E-state index is 5.65. The molecule has 126 valence electrons. The van der Waals surface area contributed by atoms with Crippen molar-refractivity contribution >= 4 is 0 Å². The lowest BCUT2D eigenvalue weighted by atomic mass is 10.2. The Hall–Kier alpha value is -0.940. The lowest BCUT2D eigenvalue weighted by Crippen LogP contribution is -2.33. The molecular weight excluding hydrogens is 278 g/mol. The lowest BCUT2D eigenvalue weighted by Gasteiger charge is -2.26. The summed E-state index contributed by atoms with van der Waals surface area (Å²) in [4.78, 5) is 2.42. The molecule has 0 heterocycles. The van der Waals surface area contributed by atoms with Gasteiger partial charge in [-0.2, -0.15) is 0 Å². The number of hydrogen-bond donors (Lipinski definition) is 0. The van der Waals surface area contributed by atoms with Crippen molar-refractivity contribution < 1.29 is 14.2 Å². The van der Waals surface area contributed by atoms with E-state index in [2.05, 4.69) is 49.1 Å². The van der Waals surface area contributed by atoms with Crippen LogP contribution in [0.25, 0.3) is 0 Å². The molecule has 1 aromatic carbocycles. The molecule has 22 heavy (non-hydrogen) atoms. The third-order valence-corrected chi connectivity index (χ3v) is 3.43. The summed E-state index contributed by atoms with van der Waals surface area (Å²) in [7, 11) is 0. The average Bonchev–Trinajstić information content (AvgIpc) is 2.53. The third kappa shape index (κ3) is 9.15. The van der Waals surface area contributed by atoms with E-state index in [0.717, 1.165) is 26.3 Å². The van der Waals surface area contributed by atoms with Gasteiger partial charge in [0.05, 0.1) is 33.0 Å². The Morgan fingerprint density at radius 3 is 2.05 bits per heavy atom. The van der Waals surface area contributed by atoms with Crippen LogP contribution in [-0.4, -0.2) is 57.1 Å². The van der Waals surface area contributed by atoms with Crippen molar-refractivity contribution in [2.75, 3.05) is 46.2 Å². The highest BCUT2D eigenvalue weighted by molar-refractivity contribution is 5.14. The van der Waals surface area contributed by atoms with Crippen LogP contribution in [0.15, 0.2) is 30.3 Å². The fraction of sp³-hybridized carbons (Fsp3) is 0.667. The van der Waals surface area contributed by atoms with Gasteiger partial charge in [-0.1, -0.05) is 30.3 Å². The average molecular weight is 309 g/mol. The van der Waals surface area contributed by atoms with E-state index >= 15 is 0 Å². The van der Waals surface area contributed by atoms with Crippen molar-refractivity contribution in [3.63, 3.8) is 0 Å². The van der Waals surface area contributed by atoms with Crippen LogP contribution in [0, 0.1) is 0 Å². The van der Waals surface area contributed by atoms with Crippen molar-refractivity contribution in [1.82, 2.24) is 4.90 Å². The van der Waals surface area contributed by atoms with Crippen LogP contribution in [0.3, 0.4) is 0 Å². The fourth-order valence-corrected chi connectivity index (χ4v) is 2.10. The normalized spacial score (nSPS) is 11.5. The van der Waals surface area contributed by atoms with Gasteiger partial charge in [-0.05, 0) is 26.3 Å². The minimum atomic E-state index is 0.506. The minimum absolute atomic E-state index is 0.506. The summed E-state index contributed by atoms with van der Waals surface area (Å²) in [6.07, 6.45) is 0. The van der Waals surface area contributed by atoms with E-state index in [9.17, 15) is 0 Å². The zero-order valence-electron chi connectivity index (χ0n) is 14.3. The first-order valence-electron chi connectivity index (χ1n) is 8.25. The molecule has 0 saturated heterocycles. The molecule has 4 nitrogen and oxygen atoms in total. The highest BCUT2D eigenvalue weighted by Gasteiger charge is 2.09. The summed E-state index contributed by atoms with van der Waals surface area (Å²) in [5.74, 6) is 0. The molecule has 0 radical (unpaired) electrons. The van der Waals surface area contributed by atoms with Crippen molar-refractivity contribution in [3.8, 4) is 0 Å². The molecule has 1 rings (SSSR count). The largest absolute Gasteiger partial charge is 0.379 e. The second-order valence-electron chi connectivity index (χ2n) is 5.47. The van der Waals surface area contributed by atoms with E-state index in [-0.39, 0.29) is 0 Å². The van der Waals surface area contributed by atoms with Crippen LogP contribution in [0.5, 0.6) is 0 Å². The Morgan fingerprint density at radius 1 is 0.864 bits per heavy atom. The first-order chi connectivity index (χ1) is 10.7. The maximum absolute atomic E-state index is 5.65. The molecule has 0 aliphatic rings. The summed E-state index contributed by atoms with van der Waals surface area (Å²) >= 11 is 0. The summed E-state index contributed by atoms with van der Waals surface area (Å²) in [6, 6.07) is 11.1. The number of nitrogens with zero attached hydrogens (tertiary/aromatic N) is 1. The van der Waals surface area contributed by atoms with Crippen LogP contribution in [-0.2, 0) is 20.8 Å². The monoisotopic (exact) mass is 309 g/mol. The second kappa shape index (κ2) is 12.6. The number of benzene rings is 1. The molecule has 0 aliphatic carbocycles. The summed E-state index contributed by atoms with van der Waals surface area (Å²) in [5, 5.41) is 0. The molecule has 4 heteroatoms. The number of ether oxygens (including phenoxy) is 3. The van der Waals surface area contributed by atoms with E-state index in [1.165, 1.54) is 5.56 Å². The summed E-state index contributed by atoms with van der Waals surface area (Å²) in [6.45, 7) is 12.4. The Morgan fingerprint density at radius 2 is 1.45 bits per heavy atom. The van der Waals surface area contributed by atoms with Crippen molar-refractivity contribution in [2.45, 2.75) is 33.4 Å². The van der Waals surface area contributed by atoms with Gasteiger partial charge in [-0.3, -0.25) is 4.90 Å². The number of hydrogen-bond acceptors (Lipinski definition) is 4. The molecule has 0 aromatic heterocycles. The fourth-order valence-electron chi connectivity index (χ4n) is 2.10. The van der Waals surface area contributed by atoms with Gasteiger partial charge in [0.15, 0.2) is 0 Å². The van der Waals surface area contributed by atoms with E-state index in [0.29, 0.717) is 32.5 Å². The Balaban J connectivity index is 2.09. The predicted octanol–water partition coefficient (Wildman–Crippen LogP) is 2.97. The molecular formula is C18H31NO3. The van der Waals surface area contributed by atoms with Gasteiger partial charge in [0.25, 0.3) is 0 Å². The van der Waals surface area contributed by atoms with Crippen LogP contribution in [0.1, 0.15) is 26.3 Å². The van der Waals surface area contributed by atoms with Crippen molar-refractivity contribution in [1.29, 1.82) is 0 Å². The quantitative estimate of drug-likeness (QED) is 0.524.